The molecule has 0 bridgehead atoms. The van der Waals surface area contributed by atoms with E-state index in [-0.39, 0.29) is 11.2 Å². The van der Waals surface area contributed by atoms with Gasteiger partial charge in [-0.05, 0) is 42.3 Å². The number of ether oxygens (including phenoxy) is 1. The van der Waals surface area contributed by atoms with Gasteiger partial charge in [0.15, 0.2) is 5.96 Å². The smallest absolute Gasteiger partial charge is 0.191 e. The monoisotopic (exact) mass is 387 g/mol. The molecule has 0 radical (unpaired) electrons. The Labute approximate surface area is 166 Å². The second-order valence-electron chi connectivity index (χ2n) is 7.26. The number of rotatable bonds is 8. The fourth-order valence-electron chi connectivity index (χ4n) is 2.76. The van der Waals surface area contributed by atoms with E-state index in [1.807, 2.05) is 51.1 Å². The van der Waals surface area contributed by atoms with Crippen LogP contribution in [0, 0.1) is 5.82 Å². The SMILES string of the molecule is CCNC(=NCC(C)(C)c1cccc(F)c1)NCC(O)c1ccc(OC)cc1. The minimum atomic E-state index is -0.675. The lowest BCUT2D eigenvalue weighted by Gasteiger charge is -2.24. The topological polar surface area (TPSA) is 65.9 Å². The summed E-state index contributed by atoms with van der Waals surface area (Å²) < 4.78 is 18.7. The van der Waals surface area contributed by atoms with Crippen LogP contribution in [0.3, 0.4) is 0 Å². The fraction of sp³-hybridized carbons (Fsp3) is 0.409. The molecule has 0 aromatic heterocycles. The molecule has 0 amide bonds. The van der Waals surface area contributed by atoms with Crippen molar-refractivity contribution >= 4 is 5.96 Å². The van der Waals surface area contributed by atoms with Crippen molar-refractivity contribution in [1.29, 1.82) is 0 Å². The molecule has 5 nitrogen and oxygen atoms in total. The lowest BCUT2D eigenvalue weighted by molar-refractivity contribution is 0.180. The minimum Gasteiger partial charge on any atom is -0.497 e. The lowest BCUT2D eigenvalue weighted by atomic mass is 9.85. The van der Waals surface area contributed by atoms with Crippen molar-refractivity contribution < 1.29 is 14.2 Å². The van der Waals surface area contributed by atoms with Crippen LogP contribution in [0.2, 0.25) is 0 Å². The molecule has 2 aromatic rings. The summed E-state index contributed by atoms with van der Waals surface area (Å²) in [6, 6.07) is 13.9. The van der Waals surface area contributed by atoms with Crippen molar-refractivity contribution in [2.24, 2.45) is 4.99 Å². The van der Waals surface area contributed by atoms with Gasteiger partial charge in [-0.3, -0.25) is 4.99 Å². The van der Waals surface area contributed by atoms with E-state index in [1.54, 1.807) is 19.2 Å². The molecule has 2 rings (SSSR count). The summed E-state index contributed by atoms with van der Waals surface area (Å²) in [6.07, 6.45) is -0.675. The summed E-state index contributed by atoms with van der Waals surface area (Å²) >= 11 is 0. The third-order valence-electron chi connectivity index (χ3n) is 4.55. The van der Waals surface area contributed by atoms with Crippen LogP contribution in [0.5, 0.6) is 5.75 Å². The molecule has 0 aliphatic carbocycles. The van der Waals surface area contributed by atoms with Gasteiger partial charge in [-0.1, -0.05) is 38.1 Å². The Morgan fingerprint density at radius 3 is 2.50 bits per heavy atom. The third kappa shape index (κ3) is 6.23. The summed E-state index contributed by atoms with van der Waals surface area (Å²) in [5.74, 6) is 1.11. The average Bonchev–Trinajstić information content (AvgIpc) is 2.70. The third-order valence-corrected chi connectivity index (χ3v) is 4.55. The Hall–Kier alpha value is -2.60. The summed E-state index contributed by atoms with van der Waals surface area (Å²) in [5.41, 5.74) is 1.37. The Balaban J connectivity index is 2.01. The highest BCUT2D eigenvalue weighted by atomic mass is 19.1. The van der Waals surface area contributed by atoms with Gasteiger partial charge in [0.1, 0.15) is 11.6 Å². The number of nitrogens with zero attached hydrogens (tertiary/aromatic N) is 1. The summed E-state index contributed by atoms with van der Waals surface area (Å²) in [6.45, 7) is 7.53. The highest BCUT2D eigenvalue weighted by molar-refractivity contribution is 5.79. The lowest BCUT2D eigenvalue weighted by Crippen LogP contribution is -2.40. The van der Waals surface area contributed by atoms with Crippen LogP contribution < -0.4 is 15.4 Å². The zero-order valence-corrected chi connectivity index (χ0v) is 17.0. The first-order valence-corrected chi connectivity index (χ1v) is 9.46. The number of guanidine groups is 1. The largest absolute Gasteiger partial charge is 0.497 e. The van der Waals surface area contributed by atoms with Crippen LogP contribution in [-0.4, -0.2) is 37.8 Å². The number of hydrogen-bond donors (Lipinski definition) is 3. The van der Waals surface area contributed by atoms with Crippen molar-refractivity contribution in [1.82, 2.24) is 10.6 Å². The molecule has 0 heterocycles. The molecule has 0 spiro atoms. The number of benzene rings is 2. The second kappa shape index (κ2) is 10.1. The van der Waals surface area contributed by atoms with E-state index in [0.29, 0.717) is 25.6 Å². The normalized spacial score (nSPS) is 13.1. The first-order valence-electron chi connectivity index (χ1n) is 9.46. The zero-order chi connectivity index (χ0) is 20.6. The molecule has 0 fully saturated rings. The van der Waals surface area contributed by atoms with Gasteiger partial charge in [0.2, 0.25) is 0 Å². The highest BCUT2D eigenvalue weighted by Gasteiger charge is 2.21. The van der Waals surface area contributed by atoms with Gasteiger partial charge in [0.05, 0.1) is 19.8 Å². The highest BCUT2D eigenvalue weighted by Crippen LogP contribution is 2.24. The van der Waals surface area contributed by atoms with Crippen LogP contribution in [0.25, 0.3) is 0 Å². The maximum Gasteiger partial charge on any atom is 0.191 e. The molecule has 6 heteroatoms. The molecule has 0 saturated carbocycles. The van der Waals surface area contributed by atoms with Gasteiger partial charge in [0.25, 0.3) is 0 Å². The van der Waals surface area contributed by atoms with Gasteiger partial charge in [-0.25, -0.2) is 4.39 Å². The summed E-state index contributed by atoms with van der Waals surface area (Å²) in [4.78, 5) is 4.63. The summed E-state index contributed by atoms with van der Waals surface area (Å²) in [5, 5.41) is 16.8. The van der Waals surface area contributed by atoms with E-state index < -0.39 is 6.10 Å². The van der Waals surface area contributed by atoms with Gasteiger partial charge >= 0.3 is 0 Å². The van der Waals surface area contributed by atoms with Crippen LogP contribution >= 0.6 is 0 Å². The molecule has 0 aliphatic heterocycles. The van der Waals surface area contributed by atoms with E-state index in [2.05, 4.69) is 15.6 Å². The number of aliphatic imine (C=N–C) groups is 1. The van der Waals surface area contributed by atoms with Crippen molar-refractivity contribution in [3.63, 3.8) is 0 Å². The van der Waals surface area contributed by atoms with Gasteiger partial charge in [-0.15, -0.1) is 0 Å². The molecule has 0 aliphatic rings. The predicted molar refractivity (Wildman–Crippen MR) is 111 cm³/mol. The van der Waals surface area contributed by atoms with Crippen LogP contribution in [0.4, 0.5) is 4.39 Å². The maximum atomic E-state index is 13.5. The van der Waals surface area contributed by atoms with Gasteiger partial charge < -0.3 is 20.5 Å². The van der Waals surface area contributed by atoms with E-state index in [1.165, 1.54) is 6.07 Å². The first kappa shape index (κ1) is 21.7. The van der Waals surface area contributed by atoms with Crippen molar-refractivity contribution in [2.45, 2.75) is 32.3 Å². The quantitative estimate of drug-likeness (QED) is 0.480. The van der Waals surface area contributed by atoms with Gasteiger partial charge in [0, 0.05) is 18.5 Å². The number of halogens is 1. The van der Waals surface area contributed by atoms with Crippen molar-refractivity contribution in [3.8, 4) is 5.75 Å². The first-order chi connectivity index (χ1) is 13.4. The number of nitrogens with one attached hydrogen (secondary N) is 2. The molecule has 28 heavy (non-hydrogen) atoms. The Morgan fingerprint density at radius 2 is 1.89 bits per heavy atom. The summed E-state index contributed by atoms with van der Waals surface area (Å²) in [7, 11) is 1.61. The van der Waals surface area contributed by atoms with Gasteiger partial charge in [-0.2, -0.15) is 0 Å². The van der Waals surface area contributed by atoms with Crippen LogP contribution in [-0.2, 0) is 5.41 Å². The minimum absolute atomic E-state index is 0.248. The number of hydrogen-bond acceptors (Lipinski definition) is 3. The molecule has 3 N–H and O–H groups in total. The number of methoxy groups -OCH3 is 1. The molecular formula is C22H30FN3O2. The molecular weight excluding hydrogens is 357 g/mol. The molecule has 152 valence electrons. The molecule has 0 saturated heterocycles. The van der Waals surface area contributed by atoms with Crippen molar-refractivity contribution in [2.75, 3.05) is 26.7 Å². The van der Waals surface area contributed by atoms with E-state index in [4.69, 9.17) is 4.74 Å². The maximum absolute atomic E-state index is 13.5. The molecule has 1 unspecified atom stereocenters. The molecule has 2 aromatic carbocycles. The van der Waals surface area contributed by atoms with E-state index in [9.17, 15) is 9.50 Å². The number of aliphatic hydroxyl groups is 1. The Kier molecular flexibility index (Phi) is 7.81. The zero-order valence-electron chi connectivity index (χ0n) is 17.0. The standard InChI is InChI=1S/C22H30FN3O2/c1-5-24-21(25-14-20(27)16-9-11-19(28-4)12-10-16)26-15-22(2,3)17-7-6-8-18(23)13-17/h6-13,20,27H,5,14-15H2,1-4H3,(H2,24,25,26). The second-order valence-corrected chi connectivity index (χ2v) is 7.26. The van der Waals surface area contributed by atoms with Crippen molar-refractivity contribution in [3.05, 3.63) is 65.5 Å². The van der Waals surface area contributed by atoms with Crippen LogP contribution in [0.1, 0.15) is 38.0 Å². The van der Waals surface area contributed by atoms with Crippen LogP contribution in [0.15, 0.2) is 53.5 Å². The van der Waals surface area contributed by atoms with E-state index >= 15 is 0 Å². The number of aliphatic hydroxyl groups excluding tert-OH is 1. The predicted octanol–water partition coefficient (Wildman–Crippen LogP) is 3.40. The Morgan fingerprint density at radius 1 is 1.18 bits per heavy atom. The average molecular weight is 387 g/mol. The fourth-order valence-corrected chi connectivity index (χ4v) is 2.76. The molecule has 1 atom stereocenters. The Bertz CT molecular complexity index is 776. The van der Waals surface area contributed by atoms with E-state index in [0.717, 1.165) is 16.9 Å².